The Labute approximate surface area is 86.2 Å². The van der Waals surface area contributed by atoms with E-state index in [-0.39, 0.29) is 6.42 Å². The standard InChI is InChI=1S/C5H10O3.CHCl3/c1-5(2,8)3-4(6)7;2-1(3)4/h8H,3H2,1-2H3,(H,6,7);1H. The quantitative estimate of drug-likeness (QED) is 0.724. The Morgan fingerprint density at radius 2 is 1.67 bits per heavy atom. The number of aliphatic hydroxyl groups is 1. The zero-order valence-corrected chi connectivity index (χ0v) is 8.99. The van der Waals surface area contributed by atoms with Gasteiger partial charge in [-0.3, -0.25) is 4.79 Å². The van der Waals surface area contributed by atoms with Crippen LogP contribution in [0, 0.1) is 0 Å². The predicted molar refractivity (Wildman–Crippen MR) is 49.9 cm³/mol. The lowest BCUT2D eigenvalue weighted by Gasteiger charge is -2.12. The predicted octanol–water partition coefficient (Wildman–Crippen LogP) is 2.22. The SMILES string of the molecule is CC(C)(O)CC(=O)O.ClC(Cl)Cl. The van der Waals surface area contributed by atoms with Gasteiger partial charge in [0, 0.05) is 0 Å². The van der Waals surface area contributed by atoms with E-state index >= 15 is 0 Å². The molecule has 0 heterocycles. The second kappa shape index (κ2) is 6.78. The number of aliphatic carboxylic acids is 1. The number of rotatable bonds is 2. The van der Waals surface area contributed by atoms with Gasteiger partial charge in [-0.15, -0.1) is 0 Å². The van der Waals surface area contributed by atoms with Gasteiger partial charge in [-0.1, -0.05) is 34.8 Å². The fraction of sp³-hybridized carbons (Fsp3) is 0.833. The molecule has 0 fully saturated rings. The van der Waals surface area contributed by atoms with E-state index in [4.69, 9.17) is 45.0 Å². The molecule has 0 saturated carbocycles. The summed E-state index contributed by atoms with van der Waals surface area (Å²) in [6.45, 7) is 2.92. The van der Waals surface area contributed by atoms with Gasteiger partial charge in [-0.05, 0) is 13.8 Å². The van der Waals surface area contributed by atoms with Crippen molar-refractivity contribution < 1.29 is 15.0 Å². The van der Waals surface area contributed by atoms with Gasteiger partial charge in [0.1, 0.15) is 0 Å². The fourth-order valence-corrected chi connectivity index (χ4v) is 0.370. The summed E-state index contributed by atoms with van der Waals surface area (Å²) >= 11 is 14.4. The average molecular weight is 238 g/mol. The van der Waals surface area contributed by atoms with Crippen molar-refractivity contribution in [3.05, 3.63) is 0 Å². The summed E-state index contributed by atoms with van der Waals surface area (Å²) in [6, 6.07) is 0. The van der Waals surface area contributed by atoms with Crippen LogP contribution in [0.15, 0.2) is 0 Å². The highest BCUT2D eigenvalue weighted by molar-refractivity contribution is 6.63. The second-order valence-electron chi connectivity index (χ2n) is 2.63. The number of carbonyl (C=O) groups is 1. The molecule has 0 unspecified atom stereocenters. The number of hydrogen-bond donors (Lipinski definition) is 2. The van der Waals surface area contributed by atoms with E-state index in [0.29, 0.717) is 0 Å². The Kier molecular flexibility index (Phi) is 8.36. The van der Waals surface area contributed by atoms with Crippen molar-refractivity contribution in [2.45, 2.75) is 30.2 Å². The van der Waals surface area contributed by atoms with Gasteiger partial charge in [-0.2, -0.15) is 0 Å². The minimum absolute atomic E-state index is 0.201. The van der Waals surface area contributed by atoms with Gasteiger partial charge >= 0.3 is 5.97 Å². The first-order chi connectivity index (χ1) is 5.15. The maximum absolute atomic E-state index is 9.85. The van der Waals surface area contributed by atoms with Crippen molar-refractivity contribution in [2.75, 3.05) is 0 Å². The van der Waals surface area contributed by atoms with Crippen LogP contribution in [-0.2, 0) is 4.79 Å². The molecule has 74 valence electrons. The lowest BCUT2D eigenvalue weighted by molar-refractivity contribution is -0.141. The summed E-state index contributed by atoms with van der Waals surface area (Å²) in [4.78, 5) is 9.85. The van der Waals surface area contributed by atoms with E-state index < -0.39 is 15.9 Å². The third kappa shape index (κ3) is 31.7. The van der Waals surface area contributed by atoms with Crippen molar-refractivity contribution in [1.29, 1.82) is 0 Å². The van der Waals surface area contributed by atoms with Crippen molar-refractivity contribution >= 4 is 40.8 Å². The van der Waals surface area contributed by atoms with Crippen LogP contribution in [0.1, 0.15) is 20.3 Å². The van der Waals surface area contributed by atoms with Crippen LogP contribution in [0.25, 0.3) is 0 Å². The maximum atomic E-state index is 9.85. The second-order valence-corrected chi connectivity index (χ2v) is 4.61. The van der Waals surface area contributed by atoms with Crippen molar-refractivity contribution in [1.82, 2.24) is 0 Å². The number of halogens is 3. The Balaban J connectivity index is 0. The molecule has 3 nitrogen and oxygen atoms in total. The van der Waals surface area contributed by atoms with Crippen LogP contribution in [-0.4, -0.2) is 26.1 Å². The van der Waals surface area contributed by atoms with Gasteiger partial charge in [0.05, 0.1) is 12.0 Å². The van der Waals surface area contributed by atoms with Crippen LogP contribution in [0.2, 0.25) is 0 Å². The minimum atomic E-state index is -1.08. The molecule has 0 saturated heterocycles. The van der Waals surface area contributed by atoms with E-state index in [1.807, 2.05) is 0 Å². The van der Waals surface area contributed by atoms with Crippen LogP contribution >= 0.6 is 34.8 Å². The summed E-state index contributed by atoms with van der Waals surface area (Å²) < 4.78 is -0.750. The Hall–Kier alpha value is 0.300. The van der Waals surface area contributed by atoms with Crippen LogP contribution in [0.4, 0.5) is 0 Å². The van der Waals surface area contributed by atoms with Gasteiger partial charge in [0.2, 0.25) is 0 Å². The average Bonchev–Trinajstić information content (AvgIpc) is 1.52. The zero-order chi connectivity index (χ0) is 10.4. The number of hydrogen-bond acceptors (Lipinski definition) is 2. The Bertz CT molecular complexity index is 128. The number of carboxylic acids is 1. The van der Waals surface area contributed by atoms with Gasteiger partial charge in [0.25, 0.3) is 0 Å². The molecule has 6 heteroatoms. The molecule has 0 aliphatic carbocycles. The first-order valence-electron chi connectivity index (χ1n) is 3.01. The molecule has 0 amide bonds. The minimum Gasteiger partial charge on any atom is -0.481 e. The van der Waals surface area contributed by atoms with Gasteiger partial charge in [0.15, 0.2) is 4.30 Å². The molecule has 0 aromatic rings. The van der Waals surface area contributed by atoms with E-state index in [2.05, 4.69) is 0 Å². The molecule has 0 spiro atoms. The monoisotopic (exact) mass is 236 g/mol. The smallest absolute Gasteiger partial charge is 0.306 e. The molecule has 2 N–H and O–H groups in total. The van der Waals surface area contributed by atoms with E-state index in [1.165, 1.54) is 13.8 Å². The molecule has 0 aromatic heterocycles. The van der Waals surface area contributed by atoms with Gasteiger partial charge in [-0.25, -0.2) is 0 Å². The molecule has 0 atom stereocenters. The lowest BCUT2D eigenvalue weighted by atomic mass is 10.1. The van der Waals surface area contributed by atoms with E-state index in [0.717, 1.165) is 0 Å². The summed E-state index contributed by atoms with van der Waals surface area (Å²) in [5, 5.41) is 16.9. The molecule has 0 aromatic carbocycles. The third-order valence-electron chi connectivity index (χ3n) is 0.584. The normalized spacial score (nSPS) is 10.6. The molecule has 0 bridgehead atoms. The van der Waals surface area contributed by atoms with E-state index in [9.17, 15) is 4.79 Å². The third-order valence-corrected chi connectivity index (χ3v) is 0.584. The highest BCUT2D eigenvalue weighted by atomic mass is 35.6. The van der Waals surface area contributed by atoms with E-state index in [1.54, 1.807) is 0 Å². The summed E-state index contributed by atoms with van der Waals surface area (Å²) in [7, 11) is 0. The molecular weight excluding hydrogens is 226 g/mol. The van der Waals surface area contributed by atoms with Crippen LogP contribution < -0.4 is 0 Å². The molecule has 0 aliphatic heterocycles. The molecular formula is C6H11Cl3O3. The highest BCUT2D eigenvalue weighted by Gasteiger charge is 2.16. The zero-order valence-electron chi connectivity index (χ0n) is 6.72. The van der Waals surface area contributed by atoms with Crippen LogP contribution in [0.3, 0.4) is 0 Å². The summed E-state index contributed by atoms with van der Waals surface area (Å²) in [6.07, 6.45) is -0.201. The summed E-state index contributed by atoms with van der Waals surface area (Å²) in [5.41, 5.74) is -1.08. The lowest BCUT2D eigenvalue weighted by Crippen LogP contribution is -2.22. The molecule has 12 heavy (non-hydrogen) atoms. The highest BCUT2D eigenvalue weighted by Crippen LogP contribution is 2.05. The van der Waals surface area contributed by atoms with Crippen molar-refractivity contribution in [2.24, 2.45) is 0 Å². The number of alkyl halides is 3. The maximum Gasteiger partial charge on any atom is 0.306 e. The Morgan fingerprint density at radius 1 is 1.42 bits per heavy atom. The molecule has 0 radical (unpaired) electrons. The largest absolute Gasteiger partial charge is 0.481 e. The Morgan fingerprint density at radius 3 is 1.67 bits per heavy atom. The first-order valence-corrected chi connectivity index (χ1v) is 4.32. The topological polar surface area (TPSA) is 57.5 Å². The van der Waals surface area contributed by atoms with Crippen molar-refractivity contribution in [3.63, 3.8) is 0 Å². The van der Waals surface area contributed by atoms with Crippen molar-refractivity contribution in [3.8, 4) is 0 Å². The van der Waals surface area contributed by atoms with Gasteiger partial charge < -0.3 is 10.2 Å². The molecule has 0 aliphatic rings. The summed E-state index contributed by atoms with van der Waals surface area (Å²) in [5.74, 6) is -0.975. The first kappa shape index (κ1) is 14.8. The number of carboxylic acid groups (broad SMARTS) is 1. The fourth-order valence-electron chi connectivity index (χ4n) is 0.370. The van der Waals surface area contributed by atoms with Crippen LogP contribution in [0.5, 0.6) is 0 Å². The molecule has 0 rings (SSSR count).